The lowest BCUT2D eigenvalue weighted by Gasteiger charge is -2.05. The van der Waals surface area contributed by atoms with Gasteiger partial charge in [0.05, 0.1) is 5.75 Å². The second-order valence-corrected chi connectivity index (χ2v) is 4.71. The van der Waals surface area contributed by atoms with Crippen molar-refractivity contribution < 1.29 is 8.60 Å². The Morgan fingerprint density at radius 3 is 2.64 bits per heavy atom. The zero-order valence-electron chi connectivity index (χ0n) is 8.13. The van der Waals surface area contributed by atoms with Crippen LogP contribution in [0.3, 0.4) is 0 Å². The van der Waals surface area contributed by atoms with E-state index in [-0.39, 0.29) is 18.1 Å². The third kappa shape index (κ3) is 2.62. The number of halogens is 1. The van der Waals surface area contributed by atoms with E-state index >= 15 is 0 Å². The summed E-state index contributed by atoms with van der Waals surface area (Å²) in [6.07, 6.45) is 0. The third-order valence-corrected chi connectivity index (χ3v) is 3.29. The lowest BCUT2D eigenvalue weighted by molar-refractivity contribution is 0.599. The molecule has 0 radical (unpaired) electrons. The fourth-order valence-corrected chi connectivity index (χ4v) is 1.95. The second kappa shape index (κ2) is 5.22. The van der Waals surface area contributed by atoms with Gasteiger partial charge in [-0.3, -0.25) is 4.21 Å². The molecule has 78 valence electrons. The van der Waals surface area contributed by atoms with Gasteiger partial charge in [-0.2, -0.15) is 0 Å². The number of rotatable bonds is 4. The Labute approximate surface area is 85.8 Å². The summed E-state index contributed by atoms with van der Waals surface area (Å²) in [7, 11) is -0.979. The fraction of sp³-hybridized carbons (Fsp3) is 0.400. The van der Waals surface area contributed by atoms with Gasteiger partial charge in [0.25, 0.3) is 0 Å². The fourth-order valence-electron chi connectivity index (χ4n) is 1.18. The maximum absolute atomic E-state index is 13.6. The standard InChI is InChI=1S/C10H14FNOS/c1-2-14(13)7-9-5-3-4-8(6-12)10(9)11/h3-5H,2,6-7,12H2,1H3. The van der Waals surface area contributed by atoms with Crippen LogP contribution in [-0.2, 0) is 23.1 Å². The second-order valence-electron chi connectivity index (χ2n) is 2.97. The highest BCUT2D eigenvalue weighted by Crippen LogP contribution is 2.14. The van der Waals surface area contributed by atoms with Gasteiger partial charge in [0.1, 0.15) is 5.82 Å². The maximum Gasteiger partial charge on any atom is 0.131 e. The molecule has 1 rings (SSSR count). The van der Waals surface area contributed by atoms with Crippen LogP contribution in [0.2, 0.25) is 0 Å². The molecule has 1 aromatic rings. The Hall–Kier alpha value is -0.740. The van der Waals surface area contributed by atoms with E-state index in [9.17, 15) is 8.60 Å². The van der Waals surface area contributed by atoms with Gasteiger partial charge in [-0.25, -0.2) is 4.39 Å². The molecule has 0 saturated carbocycles. The SMILES string of the molecule is CCS(=O)Cc1cccc(CN)c1F. The Balaban J connectivity index is 2.92. The van der Waals surface area contributed by atoms with Crippen LogP contribution >= 0.6 is 0 Å². The molecule has 1 unspecified atom stereocenters. The van der Waals surface area contributed by atoms with E-state index < -0.39 is 10.8 Å². The predicted molar refractivity (Wildman–Crippen MR) is 56.7 cm³/mol. The first-order valence-corrected chi connectivity index (χ1v) is 5.99. The van der Waals surface area contributed by atoms with Crippen molar-refractivity contribution in [3.05, 3.63) is 35.1 Å². The highest BCUT2D eigenvalue weighted by molar-refractivity contribution is 7.84. The molecule has 0 aliphatic heterocycles. The van der Waals surface area contributed by atoms with Crippen LogP contribution < -0.4 is 5.73 Å². The first-order chi connectivity index (χ1) is 6.69. The molecule has 0 aromatic heterocycles. The van der Waals surface area contributed by atoms with Crippen LogP contribution in [0.1, 0.15) is 18.1 Å². The summed E-state index contributed by atoms with van der Waals surface area (Å²) in [5.74, 6) is 0.513. The van der Waals surface area contributed by atoms with Crippen LogP contribution in [-0.4, -0.2) is 9.96 Å². The van der Waals surface area contributed by atoms with E-state index in [4.69, 9.17) is 5.73 Å². The smallest absolute Gasteiger partial charge is 0.131 e. The maximum atomic E-state index is 13.6. The molecule has 0 aliphatic rings. The van der Waals surface area contributed by atoms with E-state index in [1.54, 1.807) is 18.2 Å². The number of hydrogen-bond donors (Lipinski definition) is 1. The minimum Gasteiger partial charge on any atom is -0.326 e. The van der Waals surface area contributed by atoms with Crippen molar-refractivity contribution >= 4 is 10.8 Å². The summed E-state index contributed by atoms with van der Waals surface area (Å²) in [6.45, 7) is 2.00. The predicted octanol–water partition coefficient (Wildman–Crippen LogP) is 1.55. The Kier molecular flexibility index (Phi) is 4.22. The molecule has 2 nitrogen and oxygen atoms in total. The topological polar surface area (TPSA) is 43.1 Å². The molecule has 0 fully saturated rings. The molecule has 0 bridgehead atoms. The van der Waals surface area contributed by atoms with E-state index in [0.29, 0.717) is 16.9 Å². The lowest BCUT2D eigenvalue weighted by atomic mass is 10.1. The molecular formula is C10H14FNOS. The van der Waals surface area contributed by atoms with E-state index in [1.165, 1.54) is 0 Å². The van der Waals surface area contributed by atoms with Gasteiger partial charge >= 0.3 is 0 Å². The largest absolute Gasteiger partial charge is 0.326 e. The van der Waals surface area contributed by atoms with Crippen LogP contribution in [0.25, 0.3) is 0 Å². The van der Waals surface area contributed by atoms with Gasteiger partial charge in [-0.05, 0) is 0 Å². The summed E-state index contributed by atoms with van der Waals surface area (Å²) in [5.41, 5.74) is 6.34. The van der Waals surface area contributed by atoms with Crippen molar-refractivity contribution in [3.63, 3.8) is 0 Å². The minimum absolute atomic E-state index is 0.179. The summed E-state index contributed by atoms with van der Waals surface area (Å²) >= 11 is 0. The normalized spacial score (nSPS) is 12.8. The van der Waals surface area contributed by atoms with Crippen LogP contribution in [0.15, 0.2) is 18.2 Å². The minimum atomic E-state index is -0.979. The zero-order valence-corrected chi connectivity index (χ0v) is 8.94. The molecule has 0 saturated heterocycles. The first kappa shape index (κ1) is 11.3. The van der Waals surface area contributed by atoms with Gasteiger partial charge in [-0.1, -0.05) is 25.1 Å². The van der Waals surface area contributed by atoms with E-state index in [0.717, 1.165) is 0 Å². The quantitative estimate of drug-likeness (QED) is 0.828. The summed E-state index contributed by atoms with van der Waals surface area (Å²) in [4.78, 5) is 0. The van der Waals surface area contributed by atoms with E-state index in [2.05, 4.69) is 0 Å². The van der Waals surface area contributed by atoms with Gasteiger partial charge in [0.15, 0.2) is 0 Å². The summed E-state index contributed by atoms with van der Waals surface area (Å²) in [5, 5.41) is 0. The first-order valence-electron chi connectivity index (χ1n) is 4.50. The van der Waals surface area contributed by atoms with Crippen molar-refractivity contribution in [1.29, 1.82) is 0 Å². The Morgan fingerprint density at radius 1 is 1.43 bits per heavy atom. The molecule has 0 amide bonds. The number of hydrogen-bond acceptors (Lipinski definition) is 2. The van der Waals surface area contributed by atoms with Gasteiger partial charge in [0, 0.05) is 34.2 Å². The number of benzene rings is 1. The van der Waals surface area contributed by atoms with Gasteiger partial charge in [0.2, 0.25) is 0 Å². The van der Waals surface area contributed by atoms with Crippen molar-refractivity contribution in [2.75, 3.05) is 5.75 Å². The third-order valence-electron chi connectivity index (χ3n) is 2.02. The molecule has 4 heteroatoms. The van der Waals surface area contributed by atoms with Crippen molar-refractivity contribution in [1.82, 2.24) is 0 Å². The van der Waals surface area contributed by atoms with Crippen LogP contribution in [0, 0.1) is 5.82 Å². The van der Waals surface area contributed by atoms with Crippen molar-refractivity contribution in [2.45, 2.75) is 19.2 Å². The van der Waals surface area contributed by atoms with Gasteiger partial charge < -0.3 is 5.73 Å². The molecule has 1 aromatic carbocycles. The number of nitrogens with two attached hydrogens (primary N) is 1. The molecule has 0 aliphatic carbocycles. The van der Waals surface area contributed by atoms with Crippen LogP contribution in [0.5, 0.6) is 0 Å². The highest BCUT2D eigenvalue weighted by atomic mass is 32.2. The van der Waals surface area contributed by atoms with Crippen LogP contribution in [0.4, 0.5) is 4.39 Å². The zero-order chi connectivity index (χ0) is 10.6. The molecule has 0 spiro atoms. The highest BCUT2D eigenvalue weighted by Gasteiger charge is 2.08. The monoisotopic (exact) mass is 215 g/mol. The summed E-state index contributed by atoms with van der Waals surface area (Å²) < 4.78 is 24.8. The molecule has 14 heavy (non-hydrogen) atoms. The summed E-state index contributed by atoms with van der Waals surface area (Å²) in [6, 6.07) is 5.04. The lowest BCUT2D eigenvalue weighted by Crippen LogP contribution is -2.05. The van der Waals surface area contributed by atoms with Crippen molar-refractivity contribution in [3.8, 4) is 0 Å². The molecule has 2 N–H and O–H groups in total. The Bertz CT molecular complexity index is 341. The molecule has 0 heterocycles. The van der Waals surface area contributed by atoms with E-state index in [1.807, 2.05) is 6.92 Å². The molecule has 1 atom stereocenters. The average Bonchev–Trinajstić information content (AvgIpc) is 2.21. The Morgan fingerprint density at radius 2 is 2.07 bits per heavy atom. The van der Waals surface area contributed by atoms with Gasteiger partial charge in [-0.15, -0.1) is 0 Å². The van der Waals surface area contributed by atoms with Crippen molar-refractivity contribution in [2.24, 2.45) is 5.73 Å². The molecular weight excluding hydrogens is 201 g/mol. The average molecular weight is 215 g/mol.